The van der Waals surface area contributed by atoms with Gasteiger partial charge in [-0.2, -0.15) is 0 Å². The van der Waals surface area contributed by atoms with Crippen LogP contribution in [0.15, 0.2) is 48.6 Å². The second-order valence-corrected chi connectivity index (χ2v) is 15.8. The Morgan fingerprint density at radius 3 is 1.40 bits per heavy atom. The van der Waals surface area contributed by atoms with Crippen LogP contribution in [0.1, 0.15) is 226 Å². The molecule has 3 unspecified atom stereocenters. The van der Waals surface area contributed by atoms with Crippen molar-refractivity contribution in [3.05, 3.63) is 48.6 Å². The Hall–Kier alpha value is -2.18. The van der Waals surface area contributed by atoms with Crippen LogP contribution in [0.2, 0.25) is 0 Å². The predicted molar refractivity (Wildman–Crippen MR) is 236 cm³/mol. The third-order valence-corrected chi connectivity index (χ3v) is 10.4. The smallest absolute Gasteiger partial charge is 0.306 e. The van der Waals surface area contributed by atoms with Crippen LogP contribution in [0.3, 0.4) is 0 Å². The molecule has 0 aromatic rings. The summed E-state index contributed by atoms with van der Waals surface area (Å²) < 4.78 is 5.87. The van der Waals surface area contributed by atoms with Gasteiger partial charge in [-0.3, -0.25) is 9.59 Å². The fourth-order valence-corrected chi connectivity index (χ4v) is 6.83. The third-order valence-electron chi connectivity index (χ3n) is 10.4. The van der Waals surface area contributed by atoms with Gasteiger partial charge < -0.3 is 20.3 Å². The summed E-state index contributed by atoms with van der Waals surface area (Å²) in [5.74, 6) is -0.541. The van der Waals surface area contributed by atoms with Crippen LogP contribution in [0.25, 0.3) is 0 Å². The molecule has 0 aromatic heterocycles. The summed E-state index contributed by atoms with van der Waals surface area (Å²) in [6.07, 6.45) is 50.3. The van der Waals surface area contributed by atoms with E-state index in [4.69, 9.17) is 4.74 Å². The van der Waals surface area contributed by atoms with Gasteiger partial charge in [0.1, 0.15) is 6.10 Å². The Balaban J connectivity index is 4.60. The number of unbranched alkanes of at least 4 members (excludes halogenated alkanes) is 21. The molecule has 0 rings (SSSR count). The number of carbonyl (C=O) groups is 2. The molecular formula is C49H89NO5. The van der Waals surface area contributed by atoms with E-state index in [-0.39, 0.29) is 24.9 Å². The van der Waals surface area contributed by atoms with Crippen molar-refractivity contribution < 1.29 is 24.5 Å². The zero-order chi connectivity index (χ0) is 40.3. The molecule has 0 bridgehead atoms. The van der Waals surface area contributed by atoms with E-state index in [2.05, 4.69) is 74.7 Å². The van der Waals surface area contributed by atoms with Crippen LogP contribution in [0.5, 0.6) is 0 Å². The van der Waals surface area contributed by atoms with Crippen LogP contribution in [0.4, 0.5) is 0 Å². The normalized spacial score (nSPS) is 13.8. The first-order valence-corrected chi connectivity index (χ1v) is 23.4. The summed E-state index contributed by atoms with van der Waals surface area (Å²) >= 11 is 0. The SMILES string of the molecule is CCCCC/C=C\C/C=C\C/C=C\C/C=C\CCCC(=O)OC(CCCCCCCCCCC)CC(=O)NC(CO)C(O)CCCCCCCCCCCC. The lowest BCUT2D eigenvalue weighted by Gasteiger charge is -2.24. The van der Waals surface area contributed by atoms with Crippen molar-refractivity contribution in [3.8, 4) is 0 Å². The Kier molecular flexibility index (Phi) is 41.2. The van der Waals surface area contributed by atoms with Gasteiger partial charge in [0.25, 0.3) is 0 Å². The standard InChI is InChI=1S/C49H89NO5/c1-4-7-10-13-16-19-21-22-23-24-25-26-27-30-33-36-39-42-49(54)55-45(40-37-34-31-28-18-15-12-9-6-3)43-48(53)50-46(44-51)47(52)41-38-35-32-29-20-17-14-11-8-5-2/h16,19,22-23,25-26,30,33,45-47,51-52H,4-15,17-18,20-21,24,27-29,31-32,34-44H2,1-3H3,(H,50,53)/b19-16-,23-22-,26-25-,33-30-. The number of carbonyl (C=O) groups excluding carboxylic acids is 2. The number of nitrogens with one attached hydrogen (secondary N) is 1. The maximum Gasteiger partial charge on any atom is 0.306 e. The number of aliphatic hydroxyl groups excluding tert-OH is 2. The number of hydrogen-bond acceptors (Lipinski definition) is 5. The van der Waals surface area contributed by atoms with Gasteiger partial charge in [0.15, 0.2) is 0 Å². The van der Waals surface area contributed by atoms with Crippen molar-refractivity contribution in [3.63, 3.8) is 0 Å². The van der Waals surface area contributed by atoms with Crippen LogP contribution >= 0.6 is 0 Å². The van der Waals surface area contributed by atoms with E-state index in [9.17, 15) is 19.8 Å². The number of allylic oxidation sites excluding steroid dienone is 8. The molecule has 0 heterocycles. The van der Waals surface area contributed by atoms with Crippen LogP contribution in [-0.4, -0.2) is 46.9 Å². The average Bonchev–Trinajstić information content (AvgIpc) is 3.18. The second kappa shape index (κ2) is 43.0. The van der Waals surface area contributed by atoms with E-state index in [1.54, 1.807) is 0 Å². The molecule has 0 aliphatic carbocycles. The molecule has 0 spiro atoms. The molecule has 3 N–H and O–H groups in total. The van der Waals surface area contributed by atoms with Crippen molar-refractivity contribution in [2.75, 3.05) is 6.61 Å². The first kappa shape index (κ1) is 52.8. The van der Waals surface area contributed by atoms with E-state index in [0.29, 0.717) is 25.7 Å². The lowest BCUT2D eigenvalue weighted by atomic mass is 10.0. The van der Waals surface area contributed by atoms with Gasteiger partial charge in [-0.15, -0.1) is 0 Å². The minimum Gasteiger partial charge on any atom is -0.462 e. The molecule has 0 radical (unpaired) electrons. The van der Waals surface area contributed by atoms with Crippen molar-refractivity contribution in [2.24, 2.45) is 0 Å². The molecule has 1 amide bonds. The lowest BCUT2D eigenvalue weighted by molar-refractivity contribution is -0.151. The Morgan fingerprint density at radius 2 is 0.927 bits per heavy atom. The third kappa shape index (κ3) is 38.5. The molecule has 0 saturated carbocycles. The number of esters is 1. The van der Waals surface area contributed by atoms with Crippen LogP contribution < -0.4 is 5.32 Å². The molecule has 0 aliphatic heterocycles. The van der Waals surface area contributed by atoms with Crippen LogP contribution in [0, 0.1) is 0 Å². The summed E-state index contributed by atoms with van der Waals surface area (Å²) in [7, 11) is 0. The van der Waals surface area contributed by atoms with Crippen molar-refractivity contribution >= 4 is 11.9 Å². The molecule has 0 saturated heterocycles. The second-order valence-electron chi connectivity index (χ2n) is 15.8. The lowest BCUT2D eigenvalue weighted by Crippen LogP contribution is -2.46. The summed E-state index contributed by atoms with van der Waals surface area (Å²) in [6.45, 7) is 6.40. The largest absolute Gasteiger partial charge is 0.462 e. The quantitative estimate of drug-likeness (QED) is 0.0327. The first-order chi connectivity index (χ1) is 27.0. The van der Waals surface area contributed by atoms with E-state index < -0.39 is 18.2 Å². The van der Waals surface area contributed by atoms with Gasteiger partial charge in [0.2, 0.25) is 5.91 Å². The first-order valence-electron chi connectivity index (χ1n) is 23.4. The van der Waals surface area contributed by atoms with Gasteiger partial charge in [-0.25, -0.2) is 0 Å². The van der Waals surface area contributed by atoms with Gasteiger partial charge >= 0.3 is 5.97 Å². The van der Waals surface area contributed by atoms with E-state index in [1.165, 1.54) is 109 Å². The zero-order valence-corrected chi connectivity index (χ0v) is 36.3. The van der Waals surface area contributed by atoms with Gasteiger partial charge in [-0.05, 0) is 64.2 Å². The molecule has 6 heteroatoms. The molecule has 0 fully saturated rings. The maximum atomic E-state index is 13.1. The van der Waals surface area contributed by atoms with Gasteiger partial charge in [0.05, 0.1) is 25.2 Å². The minimum atomic E-state index is -0.793. The number of amides is 1. The fraction of sp³-hybridized carbons (Fsp3) is 0.796. The number of ether oxygens (including phenoxy) is 1. The summed E-state index contributed by atoms with van der Waals surface area (Å²) in [5.41, 5.74) is 0. The highest BCUT2D eigenvalue weighted by Crippen LogP contribution is 2.17. The molecule has 0 aliphatic rings. The maximum absolute atomic E-state index is 13.1. The highest BCUT2D eigenvalue weighted by Gasteiger charge is 2.24. The Morgan fingerprint density at radius 1 is 0.527 bits per heavy atom. The van der Waals surface area contributed by atoms with E-state index in [0.717, 1.165) is 64.2 Å². The van der Waals surface area contributed by atoms with Crippen molar-refractivity contribution in [2.45, 2.75) is 244 Å². The molecule has 55 heavy (non-hydrogen) atoms. The Bertz CT molecular complexity index is 957. The number of rotatable bonds is 41. The minimum absolute atomic E-state index is 0.0570. The average molecular weight is 772 g/mol. The predicted octanol–water partition coefficient (Wildman–Crippen LogP) is 13.5. The zero-order valence-electron chi connectivity index (χ0n) is 36.3. The summed E-state index contributed by atoms with van der Waals surface area (Å²) in [6, 6.07) is -0.708. The monoisotopic (exact) mass is 772 g/mol. The number of hydrogen-bond donors (Lipinski definition) is 3. The molecule has 6 nitrogen and oxygen atoms in total. The fourth-order valence-electron chi connectivity index (χ4n) is 6.83. The molecular weight excluding hydrogens is 683 g/mol. The highest BCUT2D eigenvalue weighted by molar-refractivity contribution is 5.77. The van der Waals surface area contributed by atoms with Crippen LogP contribution in [-0.2, 0) is 14.3 Å². The van der Waals surface area contributed by atoms with Crippen molar-refractivity contribution in [1.29, 1.82) is 0 Å². The van der Waals surface area contributed by atoms with E-state index >= 15 is 0 Å². The number of aliphatic hydroxyl groups is 2. The molecule has 320 valence electrons. The van der Waals surface area contributed by atoms with Gasteiger partial charge in [0, 0.05) is 6.42 Å². The highest BCUT2D eigenvalue weighted by atomic mass is 16.5. The van der Waals surface area contributed by atoms with Gasteiger partial charge in [-0.1, -0.05) is 198 Å². The Labute approximate surface area is 340 Å². The summed E-state index contributed by atoms with van der Waals surface area (Å²) in [4.78, 5) is 25.9. The molecule has 0 aromatic carbocycles. The van der Waals surface area contributed by atoms with E-state index in [1.807, 2.05) is 0 Å². The topological polar surface area (TPSA) is 95.9 Å². The molecule has 3 atom stereocenters. The van der Waals surface area contributed by atoms with Crippen molar-refractivity contribution in [1.82, 2.24) is 5.32 Å². The summed E-state index contributed by atoms with van der Waals surface area (Å²) in [5, 5.41) is 23.6.